The number of aromatic nitrogens is 1. The Hall–Kier alpha value is -0.830. The Morgan fingerprint density at radius 3 is 3.40 bits per heavy atom. The quantitative estimate of drug-likeness (QED) is 0.548. The molecule has 1 aliphatic heterocycles. The van der Waals surface area contributed by atoms with E-state index >= 15 is 0 Å². The van der Waals surface area contributed by atoms with Crippen molar-refractivity contribution in [3.05, 3.63) is 29.4 Å². The molecule has 2 nitrogen and oxygen atoms in total. The molecule has 1 unspecified atom stereocenters. The minimum Gasteiger partial charge on any atom is -0.335 e. The van der Waals surface area contributed by atoms with Crippen LogP contribution in [-0.2, 0) is 16.7 Å². The van der Waals surface area contributed by atoms with Crippen LogP contribution < -0.4 is 0 Å². The van der Waals surface area contributed by atoms with E-state index in [0.29, 0.717) is 5.88 Å². The average Bonchev–Trinajstić information content (AvgIpc) is 2.33. The number of rotatable bonds is 0. The molecule has 52 valence electrons. The Morgan fingerprint density at radius 2 is 2.50 bits per heavy atom. The van der Waals surface area contributed by atoms with Crippen LogP contribution in [0.25, 0.3) is 6.08 Å². The molecule has 0 aliphatic carbocycles. The van der Waals surface area contributed by atoms with Gasteiger partial charge < -0.3 is 4.57 Å². The van der Waals surface area contributed by atoms with Crippen LogP contribution in [0.2, 0.25) is 0 Å². The lowest BCUT2D eigenvalue weighted by atomic mass is 10.4. The van der Waals surface area contributed by atoms with Crippen LogP contribution in [0, 0.1) is 0 Å². The molecule has 1 aromatic rings. The van der Waals surface area contributed by atoms with Gasteiger partial charge in [0.05, 0.1) is 10.8 Å². The van der Waals surface area contributed by atoms with Crippen molar-refractivity contribution in [2.75, 3.05) is 0 Å². The fraction of sp³-hybridized carbons (Fsp3) is 0.143. The maximum absolute atomic E-state index is 10.9. The molecule has 0 N–H and O–H groups in total. The second-order valence-corrected chi connectivity index (χ2v) is 3.51. The van der Waals surface area contributed by atoms with Gasteiger partial charge >= 0.3 is 0 Å². The summed E-state index contributed by atoms with van der Waals surface area (Å²) in [7, 11) is -0.798. The van der Waals surface area contributed by atoms with Gasteiger partial charge in [0.25, 0.3) is 0 Å². The lowest BCUT2D eigenvalue weighted by molar-refractivity contribution is 0.677. The highest BCUT2D eigenvalue weighted by molar-refractivity contribution is 7.87. The SMILES string of the molecule is O=S1C=Cc2cccn2C1. The molecule has 10 heavy (non-hydrogen) atoms. The zero-order chi connectivity index (χ0) is 6.97. The third-order valence-electron chi connectivity index (χ3n) is 1.52. The molecule has 1 aromatic heterocycles. The highest BCUT2D eigenvalue weighted by Gasteiger charge is 2.05. The van der Waals surface area contributed by atoms with Crippen molar-refractivity contribution in [2.24, 2.45) is 0 Å². The van der Waals surface area contributed by atoms with E-state index in [0.717, 1.165) is 5.69 Å². The first-order valence-corrected chi connectivity index (χ1v) is 4.45. The van der Waals surface area contributed by atoms with Crippen LogP contribution in [0.5, 0.6) is 0 Å². The summed E-state index contributed by atoms with van der Waals surface area (Å²) in [5.74, 6) is 0.610. The smallest absolute Gasteiger partial charge is 0.102 e. The molecule has 1 atom stereocenters. The van der Waals surface area contributed by atoms with Crippen molar-refractivity contribution in [3.8, 4) is 0 Å². The van der Waals surface area contributed by atoms with E-state index in [4.69, 9.17) is 0 Å². The molecular formula is C7H7NOS. The number of fused-ring (bicyclic) bond motifs is 1. The standard InChI is InChI=1S/C7H7NOS/c9-10-5-3-7-2-1-4-8(7)6-10/h1-5H,6H2. The van der Waals surface area contributed by atoms with Gasteiger partial charge in [0.2, 0.25) is 0 Å². The first-order chi connectivity index (χ1) is 4.86. The van der Waals surface area contributed by atoms with Gasteiger partial charge in [-0.3, -0.25) is 4.21 Å². The summed E-state index contributed by atoms with van der Waals surface area (Å²) in [6, 6.07) is 3.97. The van der Waals surface area contributed by atoms with E-state index < -0.39 is 10.8 Å². The van der Waals surface area contributed by atoms with Crippen molar-refractivity contribution >= 4 is 16.9 Å². The molecular weight excluding hydrogens is 146 g/mol. The molecule has 0 amide bonds. The van der Waals surface area contributed by atoms with E-state index in [1.54, 1.807) is 5.41 Å². The Kier molecular flexibility index (Phi) is 1.24. The topological polar surface area (TPSA) is 22.0 Å². The van der Waals surface area contributed by atoms with E-state index in [1.807, 2.05) is 29.0 Å². The summed E-state index contributed by atoms with van der Waals surface area (Å²) in [4.78, 5) is 0. The zero-order valence-electron chi connectivity index (χ0n) is 5.36. The lowest BCUT2D eigenvalue weighted by Gasteiger charge is -2.07. The molecule has 3 heteroatoms. The highest BCUT2D eigenvalue weighted by Crippen LogP contribution is 2.11. The van der Waals surface area contributed by atoms with Crippen LogP contribution in [0.4, 0.5) is 0 Å². The molecule has 0 saturated heterocycles. The van der Waals surface area contributed by atoms with Crippen LogP contribution in [0.3, 0.4) is 0 Å². The summed E-state index contributed by atoms with van der Waals surface area (Å²) in [5.41, 5.74) is 1.14. The van der Waals surface area contributed by atoms with Gasteiger partial charge in [-0.2, -0.15) is 0 Å². The number of hydrogen-bond donors (Lipinski definition) is 0. The summed E-state index contributed by atoms with van der Waals surface area (Å²) >= 11 is 0. The molecule has 0 radical (unpaired) electrons. The average molecular weight is 153 g/mol. The first-order valence-electron chi connectivity index (χ1n) is 3.07. The predicted octanol–water partition coefficient (Wildman–Crippen LogP) is 1.18. The summed E-state index contributed by atoms with van der Waals surface area (Å²) in [6.07, 6.45) is 3.83. The van der Waals surface area contributed by atoms with Gasteiger partial charge in [-0.25, -0.2) is 0 Å². The molecule has 0 saturated carbocycles. The summed E-state index contributed by atoms with van der Waals surface area (Å²) in [5, 5.41) is 1.73. The van der Waals surface area contributed by atoms with Gasteiger partial charge in [0, 0.05) is 17.3 Å². The third kappa shape index (κ3) is 0.827. The van der Waals surface area contributed by atoms with E-state index in [9.17, 15) is 4.21 Å². The second kappa shape index (κ2) is 2.09. The Labute approximate surface area is 61.6 Å². The maximum atomic E-state index is 10.9. The van der Waals surface area contributed by atoms with Crippen LogP contribution in [0.1, 0.15) is 5.69 Å². The molecule has 0 spiro atoms. The summed E-state index contributed by atoms with van der Waals surface area (Å²) < 4.78 is 12.9. The molecule has 0 fully saturated rings. The van der Waals surface area contributed by atoms with Gasteiger partial charge in [-0.15, -0.1) is 0 Å². The largest absolute Gasteiger partial charge is 0.335 e. The van der Waals surface area contributed by atoms with Gasteiger partial charge in [0.1, 0.15) is 5.88 Å². The molecule has 1 aliphatic rings. The van der Waals surface area contributed by atoms with Gasteiger partial charge in [-0.05, 0) is 18.2 Å². The third-order valence-corrected chi connectivity index (χ3v) is 2.49. The van der Waals surface area contributed by atoms with Crippen molar-refractivity contribution < 1.29 is 4.21 Å². The fourth-order valence-electron chi connectivity index (χ4n) is 1.02. The molecule has 0 aromatic carbocycles. The lowest BCUT2D eigenvalue weighted by Crippen LogP contribution is -2.06. The zero-order valence-corrected chi connectivity index (χ0v) is 6.17. The Bertz CT molecular complexity index is 300. The van der Waals surface area contributed by atoms with Crippen molar-refractivity contribution in [2.45, 2.75) is 5.88 Å². The van der Waals surface area contributed by atoms with Crippen molar-refractivity contribution in [1.29, 1.82) is 0 Å². The highest BCUT2D eigenvalue weighted by atomic mass is 32.2. The number of nitrogens with zero attached hydrogens (tertiary/aromatic N) is 1. The van der Waals surface area contributed by atoms with E-state index in [2.05, 4.69) is 0 Å². The second-order valence-electron chi connectivity index (χ2n) is 2.22. The van der Waals surface area contributed by atoms with Gasteiger partial charge in [0.15, 0.2) is 0 Å². The molecule has 0 bridgehead atoms. The van der Waals surface area contributed by atoms with Gasteiger partial charge in [-0.1, -0.05) is 0 Å². The van der Waals surface area contributed by atoms with Crippen LogP contribution in [-0.4, -0.2) is 8.78 Å². The molecule has 2 heterocycles. The fourth-order valence-corrected chi connectivity index (χ4v) is 1.91. The minimum absolute atomic E-state index is 0.610. The van der Waals surface area contributed by atoms with E-state index in [-0.39, 0.29) is 0 Å². The Balaban J connectivity index is 2.52. The van der Waals surface area contributed by atoms with Crippen LogP contribution >= 0.6 is 0 Å². The molecule has 2 rings (SSSR count). The van der Waals surface area contributed by atoms with Crippen LogP contribution in [0.15, 0.2) is 23.7 Å². The predicted molar refractivity (Wildman–Crippen MR) is 41.6 cm³/mol. The van der Waals surface area contributed by atoms with E-state index in [1.165, 1.54) is 0 Å². The van der Waals surface area contributed by atoms with Crippen molar-refractivity contribution in [3.63, 3.8) is 0 Å². The minimum atomic E-state index is -0.798. The number of hydrogen-bond acceptors (Lipinski definition) is 1. The summed E-state index contributed by atoms with van der Waals surface area (Å²) in [6.45, 7) is 0. The monoisotopic (exact) mass is 153 g/mol. The normalized spacial score (nSPS) is 22.6. The Morgan fingerprint density at radius 1 is 1.60 bits per heavy atom. The maximum Gasteiger partial charge on any atom is 0.102 e. The first kappa shape index (κ1) is 5.92. The van der Waals surface area contributed by atoms with Crippen molar-refractivity contribution in [1.82, 2.24) is 4.57 Å².